The van der Waals surface area contributed by atoms with Crippen molar-refractivity contribution in [2.45, 2.75) is 31.7 Å². The lowest BCUT2D eigenvalue weighted by molar-refractivity contribution is -0.123. The molecule has 3 amide bonds. The van der Waals surface area contributed by atoms with Crippen LogP contribution >= 0.6 is 0 Å². The highest BCUT2D eigenvalue weighted by atomic mass is 19.1. The number of esters is 1. The molecule has 2 heterocycles. The molecule has 2 fully saturated rings. The predicted molar refractivity (Wildman–Crippen MR) is 105 cm³/mol. The maximum atomic E-state index is 14.2. The lowest BCUT2D eigenvalue weighted by atomic mass is 9.98. The number of nitrogens with one attached hydrogen (secondary N) is 3. The third-order valence-electron chi connectivity index (χ3n) is 5.38. The van der Waals surface area contributed by atoms with E-state index < -0.39 is 17.8 Å². The summed E-state index contributed by atoms with van der Waals surface area (Å²) in [6.45, 7) is 2.45. The van der Waals surface area contributed by atoms with Crippen molar-refractivity contribution in [1.82, 2.24) is 15.5 Å². The number of nitrogens with zero attached hydrogens (tertiary/aromatic N) is 1. The molecule has 2 aliphatic heterocycles. The zero-order valence-corrected chi connectivity index (χ0v) is 16.5. The molecule has 1 aromatic rings. The first kappa shape index (κ1) is 21.0. The van der Waals surface area contributed by atoms with Crippen molar-refractivity contribution >= 4 is 23.6 Å². The molecule has 29 heavy (non-hydrogen) atoms. The van der Waals surface area contributed by atoms with Gasteiger partial charge in [0, 0.05) is 19.6 Å². The SMILES string of the molecule is COC(=O)c1ccc(NC(=O)N2CCCC(CNC(=O)C3CCCN3)C2)c(F)c1. The molecular formula is C20H27FN4O4. The van der Waals surface area contributed by atoms with Gasteiger partial charge < -0.3 is 25.6 Å². The number of urea groups is 1. The summed E-state index contributed by atoms with van der Waals surface area (Å²) in [6, 6.07) is 3.26. The van der Waals surface area contributed by atoms with E-state index in [9.17, 15) is 18.8 Å². The maximum absolute atomic E-state index is 14.2. The van der Waals surface area contributed by atoms with Crippen LogP contribution < -0.4 is 16.0 Å². The average molecular weight is 406 g/mol. The van der Waals surface area contributed by atoms with Crippen LogP contribution in [-0.2, 0) is 9.53 Å². The van der Waals surface area contributed by atoms with E-state index in [1.165, 1.54) is 19.2 Å². The standard InChI is InChI=1S/C20H27FN4O4/c1-29-19(27)14-6-7-16(15(21)10-14)24-20(28)25-9-3-4-13(12-25)11-23-18(26)17-5-2-8-22-17/h6-7,10,13,17,22H,2-5,8-9,11-12H2,1H3,(H,23,26)(H,24,28). The highest BCUT2D eigenvalue weighted by molar-refractivity contribution is 5.92. The van der Waals surface area contributed by atoms with E-state index in [2.05, 4.69) is 20.7 Å². The lowest BCUT2D eigenvalue weighted by Crippen LogP contribution is -2.47. The maximum Gasteiger partial charge on any atom is 0.337 e. The highest BCUT2D eigenvalue weighted by Gasteiger charge is 2.27. The number of amides is 3. The van der Waals surface area contributed by atoms with Crippen LogP contribution in [-0.4, -0.2) is 62.1 Å². The van der Waals surface area contributed by atoms with Gasteiger partial charge in [-0.3, -0.25) is 4.79 Å². The predicted octanol–water partition coefficient (Wildman–Crippen LogP) is 1.72. The largest absolute Gasteiger partial charge is 0.465 e. The van der Waals surface area contributed by atoms with Gasteiger partial charge in [0.1, 0.15) is 5.82 Å². The van der Waals surface area contributed by atoms with Crippen LogP contribution in [0, 0.1) is 11.7 Å². The fourth-order valence-corrected chi connectivity index (χ4v) is 3.75. The molecule has 2 atom stereocenters. The first-order valence-corrected chi connectivity index (χ1v) is 9.93. The van der Waals surface area contributed by atoms with Crippen LogP contribution in [0.15, 0.2) is 18.2 Å². The summed E-state index contributed by atoms with van der Waals surface area (Å²) >= 11 is 0. The quantitative estimate of drug-likeness (QED) is 0.647. The molecule has 0 bridgehead atoms. The summed E-state index contributed by atoms with van der Waals surface area (Å²) in [6.07, 6.45) is 3.60. The molecule has 3 N–H and O–H groups in total. The first-order chi connectivity index (χ1) is 14.0. The third kappa shape index (κ3) is 5.44. The number of methoxy groups -OCH3 is 1. The van der Waals surface area contributed by atoms with Gasteiger partial charge in [-0.2, -0.15) is 0 Å². The molecule has 0 aromatic heterocycles. The number of carbonyl (C=O) groups excluding carboxylic acids is 3. The van der Waals surface area contributed by atoms with Crippen LogP contribution in [0.25, 0.3) is 0 Å². The molecule has 2 aliphatic rings. The van der Waals surface area contributed by atoms with E-state index in [-0.39, 0.29) is 29.1 Å². The monoisotopic (exact) mass is 406 g/mol. The number of hydrogen-bond donors (Lipinski definition) is 3. The summed E-state index contributed by atoms with van der Waals surface area (Å²) in [5.41, 5.74) is 0.0823. The second kappa shape index (κ2) is 9.69. The van der Waals surface area contributed by atoms with Crippen LogP contribution in [0.4, 0.5) is 14.9 Å². The van der Waals surface area contributed by atoms with Gasteiger partial charge in [0.15, 0.2) is 0 Å². The van der Waals surface area contributed by atoms with Crippen molar-refractivity contribution in [3.63, 3.8) is 0 Å². The van der Waals surface area contributed by atoms with Gasteiger partial charge in [-0.05, 0) is 56.3 Å². The van der Waals surface area contributed by atoms with E-state index in [0.717, 1.165) is 38.3 Å². The molecule has 158 valence electrons. The van der Waals surface area contributed by atoms with Crippen molar-refractivity contribution < 1.29 is 23.5 Å². The lowest BCUT2D eigenvalue weighted by Gasteiger charge is -2.33. The molecule has 1 aromatic carbocycles. The Balaban J connectivity index is 1.51. The molecular weight excluding hydrogens is 379 g/mol. The summed E-state index contributed by atoms with van der Waals surface area (Å²) in [7, 11) is 1.22. The van der Waals surface area contributed by atoms with E-state index >= 15 is 0 Å². The Morgan fingerprint density at radius 2 is 2.10 bits per heavy atom. The van der Waals surface area contributed by atoms with Crippen molar-refractivity contribution in [3.8, 4) is 0 Å². The molecule has 3 rings (SSSR count). The smallest absolute Gasteiger partial charge is 0.337 e. The van der Waals surface area contributed by atoms with Gasteiger partial charge in [-0.15, -0.1) is 0 Å². The Labute approximate surface area is 169 Å². The van der Waals surface area contributed by atoms with Crippen LogP contribution in [0.1, 0.15) is 36.0 Å². The topological polar surface area (TPSA) is 99.8 Å². The Hall–Kier alpha value is -2.68. The average Bonchev–Trinajstić information content (AvgIpc) is 3.28. The Morgan fingerprint density at radius 1 is 1.28 bits per heavy atom. The van der Waals surface area contributed by atoms with Crippen LogP contribution in [0.5, 0.6) is 0 Å². The fraction of sp³-hybridized carbons (Fsp3) is 0.550. The summed E-state index contributed by atoms with van der Waals surface area (Å²) in [4.78, 5) is 37.8. The summed E-state index contributed by atoms with van der Waals surface area (Å²) in [5.74, 6) is -1.18. The number of halogens is 1. The summed E-state index contributed by atoms with van der Waals surface area (Å²) in [5, 5.41) is 8.70. The zero-order valence-electron chi connectivity index (χ0n) is 16.5. The van der Waals surface area contributed by atoms with Crippen LogP contribution in [0.2, 0.25) is 0 Å². The Morgan fingerprint density at radius 3 is 2.79 bits per heavy atom. The molecule has 0 saturated carbocycles. The number of piperidine rings is 1. The second-order valence-electron chi connectivity index (χ2n) is 7.46. The van der Waals surface area contributed by atoms with Gasteiger partial charge in [-0.25, -0.2) is 14.0 Å². The molecule has 8 nitrogen and oxygen atoms in total. The summed E-state index contributed by atoms with van der Waals surface area (Å²) < 4.78 is 18.8. The van der Waals surface area contributed by atoms with Gasteiger partial charge in [0.25, 0.3) is 0 Å². The number of hydrogen-bond acceptors (Lipinski definition) is 5. The number of anilines is 1. The van der Waals surface area contributed by atoms with Crippen LogP contribution in [0.3, 0.4) is 0 Å². The van der Waals surface area contributed by atoms with Gasteiger partial charge in [-0.1, -0.05) is 0 Å². The Bertz CT molecular complexity index is 767. The number of carbonyl (C=O) groups is 3. The van der Waals surface area contributed by atoms with Crippen molar-refractivity contribution in [3.05, 3.63) is 29.6 Å². The molecule has 2 saturated heterocycles. The normalized spacial score (nSPS) is 21.5. The number of rotatable bonds is 5. The minimum atomic E-state index is -0.703. The number of ether oxygens (including phenoxy) is 1. The fourth-order valence-electron chi connectivity index (χ4n) is 3.75. The van der Waals surface area contributed by atoms with E-state index in [4.69, 9.17) is 0 Å². The van der Waals surface area contributed by atoms with Gasteiger partial charge >= 0.3 is 12.0 Å². The first-order valence-electron chi connectivity index (χ1n) is 9.93. The number of likely N-dealkylation sites (tertiary alicyclic amines) is 1. The van der Waals surface area contributed by atoms with Gasteiger partial charge in [0.05, 0.1) is 24.4 Å². The zero-order chi connectivity index (χ0) is 20.8. The van der Waals surface area contributed by atoms with Gasteiger partial charge in [0.2, 0.25) is 5.91 Å². The molecule has 9 heteroatoms. The molecule has 0 spiro atoms. The molecule has 2 unspecified atom stereocenters. The van der Waals surface area contributed by atoms with Crippen molar-refractivity contribution in [1.29, 1.82) is 0 Å². The second-order valence-corrected chi connectivity index (χ2v) is 7.46. The molecule has 0 radical (unpaired) electrons. The van der Waals surface area contributed by atoms with Crippen molar-refractivity contribution in [2.24, 2.45) is 5.92 Å². The number of benzene rings is 1. The van der Waals surface area contributed by atoms with E-state index in [0.29, 0.717) is 19.6 Å². The van der Waals surface area contributed by atoms with E-state index in [1.54, 1.807) is 4.90 Å². The molecule has 0 aliphatic carbocycles. The third-order valence-corrected chi connectivity index (χ3v) is 5.38. The minimum absolute atomic E-state index is 0.00499. The minimum Gasteiger partial charge on any atom is -0.465 e. The highest BCUT2D eigenvalue weighted by Crippen LogP contribution is 2.20. The van der Waals surface area contributed by atoms with Crippen molar-refractivity contribution in [2.75, 3.05) is 38.6 Å². The van der Waals surface area contributed by atoms with E-state index in [1.807, 2.05) is 0 Å². The Kier molecular flexibility index (Phi) is 7.03.